The predicted molar refractivity (Wildman–Crippen MR) is 88.9 cm³/mol. The van der Waals surface area contributed by atoms with Gasteiger partial charge in [-0.3, -0.25) is 10.2 Å². The lowest BCUT2D eigenvalue weighted by molar-refractivity contribution is -0.120. The zero-order valence-electron chi connectivity index (χ0n) is 12.8. The van der Waals surface area contributed by atoms with E-state index in [1.54, 1.807) is 13.0 Å². The third-order valence-electron chi connectivity index (χ3n) is 2.92. The van der Waals surface area contributed by atoms with Crippen LogP contribution in [0.4, 0.5) is 0 Å². The molecule has 0 aliphatic heterocycles. The first-order valence-electron chi connectivity index (χ1n) is 7.02. The SMILES string of the molecule is CCOC(=O)c1ccc(S(=O)(=O)NNC(=O)Cc2cccs2)cc1. The highest BCUT2D eigenvalue weighted by Gasteiger charge is 2.16. The molecular formula is C15H16N2O5S2. The second kappa shape index (κ2) is 8.04. The zero-order chi connectivity index (χ0) is 17.6. The molecule has 0 aliphatic carbocycles. The molecule has 128 valence electrons. The first-order chi connectivity index (χ1) is 11.4. The molecule has 0 atom stereocenters. The maximum absolute atomic E-state index is 12.1. The van der Waals surface area contributed by atoms with Crippen molar-refractivity contribution in [3.05, 3.63) is 52.2 Å². The molecule has 24 heavy (non-hydrogen) atoms. The number of hydrogen-bond donors (Lipinski definition) is 2. The largest absolute Gasteiger partial charge is 0.462 e. The van der Waals surface area contributed by atoms with Crippen LogP contribution < -0.4 is 10.3 Å². The molecular weight excluding hydrogens is 352 g/mol. The molecule has 0 radical (unpaired) electrons. The molecule has 0 saturated carbocycles. The van der Waals surface area contributed by atoms with Crippen molar-refractivity contribution in [3.63, 3.8) is 0 Å². The van der Waals surface area contributed by atoms with Crippen molar-refractivity contribution in [2.24, 2.45) is 0 Å². The number of sulfonamides is 1. The highest BCUT2D eigenvalue weighted by atomic mass is 32.2. The number of hydrogen-bond acceptors (Lipinski definition) is 6. The number of ether oxygens (including phenoxy) is 1. The van der Waals surface area contributed by atoms with E-state index in [1.807, 2.05) is 16.3 Å². The van der Waals surface area contributed by atoms with Crippen molar-refractivity contribution < 1.29 is 22.7 Å². The summed E-state index contributed by atoms with van der Waals surface area (Å²) in [5.41, 5.74) is 2.40. The fraction of sp³-hybridized carbons (Fsp3) is 0.200. The van der Waals surface area contributed by atoms with E-state index in [0.717, 1.165) is 4.88 Å². The van der Waals surface area contributed by atoms with Crippen molar-refractivity contribution >= 4 is 33.2 Å². The van der Waals surface area contributed by atoms with E-state index in [1.165, 1.54) is 35.6 Å². The molecule has 2 aromatic rings. The van der Waals surface area contributed by atoms with Gasteiger partial charge in [-0.05, 0) is 42.6 Å². The third kappa shape index (κ3) is 4.88. The summed E-state index contributed by atoms with van der Waals surface area (Å²) in [4.78, 5) is 26.0. The molecule has 0 unspecified atom stereocenters. The Hall–Kier alpha value is -2.23. The number of nitrogens with one attached hydrogen (secondary N) is 2. The molecule has 1 aromatic carbocycles. The number of carbonyl (C=O) groups excluding carboxylic acids is 2. The van der Waals surface area contributed by atoms with E-state index in [9.17, 15) is 18.0 Å². The number of thiophene rings is 1. The van der Waals surface area contributed by atoms with Crippen LogP contribution in [0.5, 0.6) is 0 Å². The second-order valence-corrected chi connectivity index (χ2v) is 7.37. The molecule has 1 heterocycles. The van der Waals surface area contributed by atoms with Gasteiger partial charge >= 0.3 is 5.97 Å². The predicted octanol–water partition coefficient (Wildman–Crippen LogP) is 1.48. The summed E-state index contributed by atoms with van der Waals surface area (Å²) in [5, 5.41) is 1.83. The molecule has 9 heteroatoms. The molecule has 0 bridgehead atoms. The molecule has 2 N–H and O–H groups in total. The van der Waals surface area contributed by atoms with Gasteiger partial charge in [0.15, 0.2) is 0 Å². The van der Waals surface area contributed by atoms with Gasteiger partial charge in [0.1, 0.15) is 0 Å². The number of benzene rings is 1. The minimum absolute atomic E-state index is 0.0769. The van der Waals surface area contributed by atoms with Crippen molar-refractivity contribution in [2.75, 3.05) is 6.61 Å². The van der Waals surface area contributed by atoms with Gasteiger partial charge in [0.05, 0.1) is 23.5 Å². The quantitative estimate of drug-likeness (QED) is 0.569. The van der Waals surface area contributed by atoms with Crippen LogP contribution in [0.2, 0.25) is 0 Å². The van der Waals surface area contributed by atoms with Gasteiger partial charge in [-0.15, -0.1) is 16.2 Å². The number of carbonyl (C=O) groups is 2. The standard InChI is InChI=1S/C15H16N2O5S2/c1-2-22-15(19)11-5-7-13(8-6-11)24(20,21)17-16-14(18)10-12-4-3-9-23-12/h3-9,17H,2,10H2,1H3,(H,16,18). The summed E-state index contributed by atoms with van der Waals surface area (Å²) in [6.07, 6.45) is 0.0853. The number of rotatable bonds is 7. The Morgan fingerprint density at radius 2 is 1.88 bits per heavy atom. The van der Waals surface area contributed by atoms with Gasteiger partial charge < -0.3 is 4.74 Å². The Morgan fingerprint density at radius 3 is 2.46 bits per heavy atom. The van der Waals surface area contributed by atoms with Crippen LogP contribution in [-0.4, -0.2) is 26.9 Å². The summed E-state index contributed by atoms with van der Waals surface area (Å²) in [6.45, 7) is 1.91. The summed E-state index contributed by atoms with van der Waals surface area (Å²) in [7, 11) is -3.92. The molecule has 0 saturated heterocycles. The average molecular weight is 368 g/mol. The smallest absolute Gasteiger partial charge is 0.338 e. The topological polar surface area (TPSA) is 102 Å². The Morgan fingerprint density at radius 1 is 1.17 bits per heavy atom. The van der Waals surface area contributed by atoms with E-state index >= 15 is 0 Å². The number of hydrazine groups is 1. The van der Waals surface area contributed by atoms with Crippen molar-refractivity contribution in [1.29, 1.82) is 0 Å². The lowest BCUT2D eigenvalue weighted by Crippen LogP contribution is -2.42. The van der Waals surface area contributed by atoms with Crippen molar-refractivity contribution in [3.8, 4) is 0 Å². The summed E-state index contributed by atoms with van der Waals surface area (Å²) < 4.78 is 29.0. The maximum Gasteiger partial charge on any atom is 0.338 e. The molecule has 0 spiro atoms. The van der Waals surface area contributed by atoms with Gasteiger partial charge in [0.2, 0.25) is 5.91 Å². The first-order valence-corrected chi connectivity index (χ1v) is 9.39. The third-order valence-corrected chi connectivity index (χ3v) is 5.06. The van der Waals surface area contributed by atoms with Crippen LogP contribution in [0.1, 0.15) is 22.2 Å². The van der Waals surface area contributed by atoms with E-state index in [0.29, 0.717) is 0 Å². The van der Waals surface area contributed by atoms with E-state index in [-0.39, 0.29) is 23.5 Å². The first kappa shape index (κ1) is 18.1. The van der Waals surface area contributed by atoms with Gasteiger partial charge in [-0.2, -0.15) is 0 Å². The van der Waals surface area contributed by atoms with Gasteiger partial charge in [0.25, 0.3) is 10.0 Å². The summed E-state index contributed by atoms with van der Waals surface area (Å²) >= 11 is 1.41. The summed E-state index contributed by atoms with van der Waals surface area (Å²) in [5.74, 6) is -0.997. The van der Waals surface area contributed by atoms with E-state index in [2.05, 4.69) is 5.43 Å². The lowest BCUT2D eigenvalue weighted by atomic mass is 10.2. The van der Waals surface area contributed by atoms with Crippen LogP contribution in [0.25, 0.3) is 0 Å². The number of amides is 1. The zero-order valence-corrected chi connectivity index (χ0v) is 14.4. The van der Waals surface area contributed by atoms with Crippen molar-refractivity contribution in [2.45, 2.75) is 18.2 Å². The fourth-order valence-electron chi connectivity index (χ4n) is 1.78. The molecule has 2 rings (SSSR count). The van der Waals surface area contributed by atoms with Gasteiger partial charge in [0, 0.05) is 4.88 Å². The molecule has 1 aromatic heterocycles. The van der Waals surface area contributed by atoms with Gasteiger partial charge in [-0.25, -0.2) is 13.2 Å². The Bertz CT molecular complexity index is 799. The van der Waals surface area contributed by atoms with Gasteiger partial charge in [-0.1, -0.05) is 6.07 Å². The van der Waals surface area contributed by atoms with E-state index < -0.39 is 21.9 Å². The Balaban J connectivity index is 1.97. The van der Waals surface area contributed by atoms with Crippen LogP contribution >= 0.6 is 11.3 Å². The molecule has 0 aliphatic rings. The molecule has 0 fully saturated rings. The lowest BCUT2D eigenvalue weighted by Gasteiger charge is -2.08. The summed E-state index contributed by atoms with van der Waals surface area (Å²) in [6, 6.07) is 8.81. The molecule has 1 amide bonds. The van der Waals surface area contributed by atoms with Crippen LogP contribution in [0.15, 0.2) is 46.7 Å². The second-order valence-electron chi connectivity index (χ2n) is 4.65. The maximum atomic E-state index is 12.1. The Kier molecular flexibility index (Phi) is 6.07. The van der Waals surface area contributed by atoms with Crippen molar-refractivity contribution in [1.82, 2.24) is 10.3 Å². The number of esters is 1. The fourth-order valence-corrected chi connectivity index (χ4v) is 3.35. The Labute approximate surface area is 143 Å². The minimum atomic E-state index is -3.92. The minimum Gasteiger partial charge on any atom is -0.462 e. The van der Waals surface area contributed by atoms with E-state index in [4.69, 9.17) is 4.74 Å². The molecule has 7 nitrogen and oxygen atoms in total. The highest BCUT2D eigenvalue weighted by molar-refractivity contribution is 7.89. The monoisotopic (exact) mass is 368 g/mol. The normalized spacial score (nSPS) is 11.0. The van der Waals surface area contributed by atoms with Crippen LogP contribution in [0.3, 0.4) is 0 Å². The van der Waals surface area contributed by atoms with Crippen LogP contribution in [0, 0.1) is 0 Å². The average Bonchev–Trinajstić information content (AvgIpc) is 3.06. The van der Waals surface area contributed by atoms with Crippen LogP contribution in [-0.2, 0) is 26.0 Å². The highest BCUT2D eigenvalue weighted by Crippen LogP contribution is 2.11.